The monoisotopic (exact) mass is 919 g/mol. The number of rotatable bonds is 1. The number of carbonyl (C=O) groups excluding carboxylic acids is 1. The third kappa shape index (κ3) is 7.80. The molecular weight excluding hydrogens is 821 g/mol. The van der Waals surface area contributed by atoms with Gasteiger partial charge in [0.25, 0.3) is 0 Å². The first kappa shape index (κ1) is 49.9. The molecule has 12 saturated carbocycles. The zero-order valence-electron chi connectivity index (χ0n) is 43.0. The predicted molar refractivity (Wildman–Crippen MR) is 264 cm³/mol. The van der Waals surface area contributed by atoms with E-state index in [1.165, 1.54) is 128 Å². The minimum absolute atomic E-state index is 0. The Hall–Kier alpha value is -1.06. The van der Waals surface area contributed by atoms with E-state index in [0.29, 0.717) is 34.0 Å². The molecule has 0 heterocycles. The molecule has 12 aliphatic carbocycles. The molecule has 0 aromatic heterocycles. The number of oxime groups is 1. The van der Waals surface area contributed by atoms with Crippen LogP contribution in [-0.2, 0) is 9.63 Å². The van der Waals surface area contributed by atoms with Gasteiger partial charge < -0.3 is 31.4 Å². The molecule has 22 atom stereocenters. The molecule has 8 nitrogen and oxygen atoms in total. The lowest BCUT2D eigenvalue weighted by Gasteiger charge is -2.60. The molecule has 0 saturated heterocycles. The van der Waals surface area contributed by atoms with Gasteiger partial charge in [0.05, 0.1) is 24.0 Å². The van der Waals surface area contributed by atoms with Crippen LogP contribution in [0.25, 0.3) is 0 Å². The van der Waals surface area contributed by atoms with E-state index in [9.17, 15) is 20.1 Å². The number of carbonyl (C=O) groups is 1. The zero-order chi connectivity index (χ0) is 45.9. The molecule has 7 N–H and O–H groups in total. The number of hydrogen-bond acceptors (Lipinski definition) is 7. The van der Waals surface area contributed by atoms with E-state index in [-0.39, 0.29) is 40.0 Å². The topological polar surface area (TPSA) is 157 Å². The van der Waals surface area contributed by atoms with Gasteiger partial charge in [-0.15, -0.1) is 0 Å². The first-order valence-electron chi connectivity index (χ1n) is 28.3. The summed E-state index contributed by atoms with van der Waals surface area (Å²) < 4.78 is 0. The van der Waals surface area contributed by atoms with Gasteiger partial charge in [0, 0.05) is 18.9 Å². The third-order valence-corrected chi connectivity index (χ3v) is 25.8. The van der Waals surface area contributed by atoms with Crippen molar-refractivity contribution in [1.29, 1.82) is 0 Å². The number of aliphatic hydroxyl groups is 3. The van der Waals surface area contributed by atoms with Crippen LogP contribution in [-0.4, -0.2) is 63.8 Å². The maximum atomic E-state index is 11.9. The summed E-state index contributed by atoms with van der Waals surface area (Å²) >= 11 is 0. The molecule has 8 heteroatoms. The second kappa shape index (κ2) is 18.2. The Morgan fingerprint density at radius 3 is 1.30 bits per heavy atom. The van der Waals surface area contributed by atoms with Crippen molar-refractivity contribution in [3.8, 4) is 0 Å². The summed E-state index contributed by atoms with van der Waals surface area (Å²) in [6, 6.07) is 0.460. The van der Waals surface area contributed by atoms with Gasteiger partial charge in [-0.1, -0.05) is 46.7 Å². The Morgan fingerprint density at radius 1 is 0.470 bits per heavy atom. The van der Waals surface area contributed by atoms with Crippen molar-refractivity contribution < 1.29 is 30.4 Å². The van der Waals surface area contributed by atoms with Crippen LogP contribution in [0.5, 0.6) is 0 Å². The summed E-state index contributed by atoms with van der Waals surface area (Å²) in [6.45, 7) is 14.8. The van der Waals surface area contributed by atoms with Gasteiger partial charge >= 0.3 is 0 Å². The highest BCUT2D eigenvalue weighted by atomic mass is 16.6. The number of aliphatic hydroxyl groups excluding tert-OH is 3. The molecule has 0 aromatic rings. The smallest absolute Gasteiger partial charge is 0.133 e. The number of hydrogen-bond donors (Lipinski definition) is 4. The molecule has 0 spiro atoms. The molecular formula is C58H98N2O6. The fourth-order valence-corrected chi connectivity index (χ4v) is 21.5. The van der Waals surface area contributed by atoms with E-state index in [4.69, 9.17) is 10.6 Å². The second-order valence-corrected chi connectivity index (χ2v) is 27.7. The van der Waals surface area contributed by atoms with E-state index in [2.05, 4.69) is 46.7 Å². The van der Waals surface area contributed by atoms with Crippen LogP contribution >= 0.6 is 0 Å². The van der Waals surface area contributed by atoms with Gasteiger partial charge in [-0.3, -0.25) is 4.79 Å². The first-order chi connectivity index (χ1) is 30.9. The molecule has 0 bridgehead atoms. The molecule has 0 aliphatic heterocycles. The van der Waals surface area contributed by atoms with E-state index in [1.54, 1.807) is 7.11 Å². The van der Waals surface area contributed by atoms with Gasteiger partial charge in [0.15, 0.2) is 0 Å². The number of nitrogens with two attached hydrogens (primary N) is 1. The van der Waals surface area contributed by atoms with Crippen molar-refractivity contribution in [2.45, 2.75) is 239 Å². The molecule has 12 unspecified atom stereocenters. The van der Waals surface area contributed by atoms with Crippen molar-refractivity contribution in [2.75, 3.05) is 7.11 Å². The van der Waals surface area contributed by atoms with Crippen LogP contribution < -0.4 is 5.73 Å². The van der Waals surface area contributed by atoms with Gasteiger partial charge in [-0.25, -0.2) is 0 Å². The van der Waals surface area contributed by atoms with E-state index in [1.807, 2.05) is 0 Å². The fraction of sp³-hybridized carbons (Fsp3) is 0.966. The summed E-state index contributed by atoms with van der Waals surface area (Å²) in [5.74, 6) is 10.3. The maximum absolute atomic E-state index is 11.9. The Labute approximate surface area is 401 Å². The van der Waals surface area contributed by atoms with Crippen LogP contribution in [0.1, 0.15) is 215 Å². The Balaban J connectivity index is 0.000000124. The van der Waals surface area contributed by atoms with Crippen molar-refractivity contribution >= 4 is 11.5 Å². The lowest BCUT2D eigenvalue weighted by Crippen LogP contribution is -2.55. The normalized spacial score (nSPS) is 56.0. The quantitative estimate of drug-likeness (QED) is 0.192. The predicted octanol–water partition coefficient (Wildman–Crippen LogP) is 11.2. The molecule has 376 valence electrons. The summed E-state index contributed by atoms with van der Waals surface area (Å²) in [4.78, 5) is 16.9. The Morgan fingerprint density at radius 2 is 0.848 bits per heavy atom. The van der Waals surface area contributed by atoms with Gasteiger partial charge in [0.2, 0.25) is 0 Å². The highest BCUT2D eigenvalue weighted by molar-refractivity contribution is 5.85. The standard InChI is InChI=1S/C20H33NO2.C19H33NO.C19H30O2.H2O/c1-19-10-8-14(21-23-3)12-13(19)4-5-15-16-6-7-18(22)20(16,2)11-9-17(15)19;2*1-18-9-7-13(20)11-12(18)3-4-14-15-5-6-17(21)19(15,2)10-8-16(14)18;/h13,15-18,22H,4-12H2,1-3H3;12-17,21H,3-11,20H2,1-2H3;12,14-17,21H,3-11H2,1-2H3;1H2/t13?,15?,16?,17?,18-,19-,20-;12?,13-,14?,15?,16?,17-,18-,19-;12?,14?,15?,16?,17-,18-,19-;/m000./s1. The number of nitrogens with zero attached hydrogens (tertiary/aromatic N) is 1. The fourth-order valence-electron chi connectivity index (χ4n) is 21.5. The SMILES string of the molecule is CON=C1CC[C@@]2(C)C(CCC3C2CC[C@@]2(C)C3CC[C@@H]2O)C1.C[C@]12CCC(=O)CC1CCC1C2CC[C@@]2(C)C1CC[C@@H]2O.C[C@]12CC[C@H](N)CC1CCC1C2CC[C@@]2(C)C1CC[C@@H]2O.O. The maximum Gasteiger partial charge on any atom is 0.133 e. The molecule has 0 amide bonds. The van der Waals surface area contributed by atoms with Gasteiger partial charge in [-0.05, 0) is 264 Å². The van der Waals surface area contributed by atoms with E-state index >= 15 is 0 Å². The molecule has 0 aromatic carbocycles. The van der Waals surface area contributed by atoms with Crippen LogP contribution in [0.4, 0.5) is 0 Å². The van der Waals surface area contributed by atoms with Gasteiger partial charge in [0.1, 0.15) is 12.9 Å². The summed E-state index contributed by atoms with van der Waals surface area (Å²) in [5.41, 5.74) is 9.62. The van der Waals surface area contributed by atoms with Crippen molar-refractivity contribution in [3.05, 3.63) is 0 Å². The van der Waals surface area contributed by atoms with E-state index in [0.717, 1.165) is 116 Å². The van der Waals surface area contributed by atoms with Crippen LogP contribution in [0.15, 0.2) is 5.16 Å². The largest absolute Gasteiger partial charge is 0.412 e. The average molecular weight is 919 g/mol. The minimum Gasteiger partial charge on any atom is -0.412 e. The van der Waals surface area contributed by atoms with Crippen LogP contribution in [0.2, 0.25) is 0 Å². The summed E-state index contributed by atoms with van der Waals surface area (Å²) in [6.07, 6.45) is 32.7. The molecule has 12 aliphatic rings. The summed E-state index contributed by atoms with van der Waals surface area (Å²) in [5, 5.41) is 35.8. The number of ketones is 1. The van der Waals surface area contributed by atoms with Crippen LogP contribution in [0.3, 0.4) is 0 Å². The molecule has 12 rings (SSSR count). The lowest BCUT2D eigenvalue weighted by molar-refractivity contribution is -0.141. The lowest BCUT2D eigenvalue weighted by atomic mass is 9.45. The first-order valence-corrected chi connectivity index (χ1v) is 28.3. The molecule has 0 radical (unpaired) electrons. The van der Waals surface area contributed by atoms with Crippen molar-refractivity contribution in [3.63, 3.8) is 0 Å². The van der Waals surface area contributed by atoms with Crippen LogP contribution in [0, 0.1) is 104 Å². The zero-order valence-corrected chi connectivity index (χ0v) is 43.0. The number of fused-ring (bicyclic) bond motifs is 15. The summed E-state index contributed by atoms with van der Waals surface area (Å²) in [7, 11) is 1.67. The van der Waals surface area contributed by atoms with Crippen molar-refractivity contribution in [2.24, 2.45) is 114 Å². The Bertz CT molecular complexity index is 1790. The van der Waals surface area contributed by atoms with E-state index < -0.39 is 0 Å². The Kier molecular flexibility index (Phi) is 13.8. The molecule has 12 fully saturated rings. The second-order valence-electron chi connectivity index (χ2n) is 27.7. The highest BCUT2D eigenvalue weighted by Gasteiger charge is 2.63. The highest BCUT2D eigenvalue weighted by Crippen LogP contribution is 2.69. The molecule has 66 heavy (non-hydrogen) atoms. The third-order valence-electron chi connectivity index (χ3n) is 25.8. The number of Topliss-reactive ketones (excluding diaryl/α,β-unsaturated/α-hetero) is 1. The minimum atomic E-state index is -0.0677. The van der Waals surface area contributed by atoms with Crippen molar-refractivity contribution in [1.82, 2.24) is 0 Å². The average Bonchev–Trinajstić information content (AvgIpc) is 3.89. The van der Waals surface area contributed by atoms with Gasteiger partial charge in [-0.2, -0.15) is 0 Å².